The maximum Gasteiger partial charge on any atom is 0.336 e. The zero-order valence-electron chi connectivity index (χ0n) is 10.1. The zero-order valence-corrected chi connectivity index (χ0v) is 10.9. The Morgan fingerprint density at radius 2 is 2.11 bits per heavy atom. The van der Waals surface area contributed by atoms with Crippen LogP contribution in [0.1, 0.15) is 5.82 Å². The Hall–Kier alpha value is -2.46. The molecule has 0 atom stereocenters. The van der Waals surface area contributed by atoms with Crippen LogP contribution in [0, 0.1) is 18.3 Å². The van der Waals surface area contributed by atoms with Crippen LogP contribution in [0.2, 0.25) is 0 Å². The van der Waals surface area contributed by atoms with Crippen LogP contribution in [0.3, 0.4) is 0 Å². The highest BCUT2D eigenvalue weighted by Gasteiger charge is 2.16. The van der Waals surface area contributed by atoms with Crippen molar-refractivity contribution in [2.24, 2.45) is 0 Å². The molecule has 0 aliphatic rings. The second-order valence-corrected chi connectivity index (χ2v) is 4.71. The average molecular weight is 271 g/mol. The molecule has 2 heterocycles. The van der Waals surface area contributed by atoms with Crippen molar-refractivity contribution in [2.45, 2.75) is 13.5 Å². The van der Waals surface area contributed by atoms with Crippen LogP contribution in [0.25, 0.3) is 16.2 Å². The molecule has 0 bridgehead atoms. The van der Waals surface area contributed by atoms with Gasteiger partial charge in [-0.2, -0.15) is 9.64 Å². The summed E-state index contributed by atoms with van der Waals surface area (Å²) >= 11 is 1.17. The van der Waals surface area contributed by atoms with Gasteiger partial charge in [0.25, 0.3) is 0 Å². The lowest BCUT2D eigenvalue weighted by atomic mass is 10.3. The molecule has 0 unspecified atom stereocenters. The van der Waals surface area contributed by atoms with Crippen molar-refractivity contribution < 1.29 is 0 Å². The molecule has 0 saturated heterocycles. The summed E-state index contributed by atoms with van der Waals surface area (Å²) in [6, 6.07) is 9.35. The number of para-hydroxylation sites is 2. The van der Waals surface area contributed by atoms with E-state index in [4.69, 9.17) is 5.26 Å². The molecule has 3 rings (SSSR count). The number of imidazole rings is 1. The van der Waals surface area contributed by atoms with Gasteiger partial charge in [-0.1, -0.05) is 12.1 Å². The lowest BCUT2D eigenvalue weighted by Crippen LogP contribution is -2.22. The Bertz CT molecular complexity index is 851. The molecule has 1 aromatic carbocycles. The Morgan fingerprint density at radius 3 is 2.74 bits per heavy atom. The largest absolute Gasteiger partial charge is 0.336 e. The summed E-state index contributed by atoms with van der Waals surface area (Å²) in [6.07, 6.45) is 0. The summed E-state index contributed by atoms with van der Waals surface area (Å²) in [5.41, 5.74) is 1.19. The summed E-state index contributed by atoms with van der Waals surface area (Å²) in [5.74, 6) is 0.629. The summed E-state index contributed by atoms with van der Waals surface area (Å²) in [6.45, 7) is 1.80. The summed E-state index contributed by atoms with van der Waals surface area (Å²) < 4.78 is 7.03. The van der Waals surface area contributed by atoms with E-state index in [1.165, 1.54) is 20.7 Å². The summed E-state index contributed by atoms with van der Waals surface area (Å²) in [7, 11) is 0. The van der Waals surface area contributed by atoms with Gasteiger partial charge in [-0.05, 0) is 19.1 Å². The molecule has 94 valence electrons. The smallest absolute Gasteiger partial charge is 0.278 e. The normalized spacial score (nSPS) is 10.7. The SMILES string of the molecule is Cc1nsc(-n2c(=O)n(CC#N)c3ccccc32)n1. The van der Waals surface area contributed by atoms with Crippen molar-refractivity contribution in [1.29, 1.82) is 5.26 Å². The second-order valence-electron chi connectivity index (χ2n) is 3.98. The number of aryl methyl sites for hydroxylation is 1. The average Bonchev–Trinajstić information content (AvgIpc) is 2.93. The van der Waals surface area contributed by atoms with Crippen molar-refractivity contribution in [3.63, 3.8) is 0 Å². The number of fused-ring (bicyclic) bond motifs is 1. The van der Waals surface area contributed by atoms with Crippen LogP contribution < -0.4 is 5.69 Å². The monoisotopic (exact) mass is 271 g/mol. The molecule has 7 heteroatoms. The first kappa shape index (κ1) is 11.6. The third kappa shape index (κ3) is 1.73. The Kier molecular flexibility index (Phi) is 2.65. The molecule has 0 amide bonds. The molecule has 0 N–H and O–H groups in total. The quantitative estimate of drug-likeness (QED) is 0.707. The third-order valence-corrected chi connectivity index (χ3v) is 3.57. The molecule has 2 aromatic heterocycles. The predicted molar refractivity (Wildman–Crippen MR) is 71.4 cm³/mol. The maximum absolute atomic E-state index is 12.4. The number of hydrogen-bond donors (Lipinski definition) is 0. The molecule has 0 radical (unpaired) electrons. The lowest BCUT2D eigenvalue weighted by Gasteiger charge is -1.95. The van der Waals surface area contributed by atoms with Crippen molar-refractivity contribution in [2.75, 3.05) is 0 Å². The molecule has 0 spiro atoms. The Balaban J connectivity index is 2.40. The molecule has 0 aliphatic heterocycles. The fourth-order valence-electron chi connectivity index (χ4n) is 1.99. The van der Waals surface area contributed by atoms with Gasteiger partial charge in [0.05, 0.1) is 17.1 Å². The van der Waals surface area contributed by atoms with Gasteiger partial charge < -0.3 is 0 Å². The molecule has 19 heavy (non-hydrogen) atoms. The molecular formula is C12H9N5OS. The van der Waals surface area contributed by atoms with Crippen LogP contribution in [0.4, 0.5) is 0 Å². The van der Waals surface area contributed by atoms with E-state index in [0.717, 1.165) is 11.0 Å². The lowest BCUT2D eigenvalue weighted by molar-refractivity contribution is 0.786. The molecule has 3 aromatic rings. The third-order valence-electron chi connectivity index (χ3n) is 2.77. The fraction of sp³-hybridized carbons (Fsp3) is 0.167. The van der Waals surface area contributed by atoms with E-state index in [1.807, 2.05) is 30.3 Å². The maximum atomic E-state index is 12.4. The van der Waals surface area contributed by atoms with Gasteiger partial charge in [-0.25, -0.2) is 14.3 Å². The van der Waals surface area contributed by atoms with E-state index in [1.54, 1.807) is 6.92 Å². The van der Waals surface area contributed by atoms with Crippen LogP contribution in [0.5, 0.6) is 0 Å². The van der Waals surface area contributed by atoms with Crippen molar-refractivity contribution in [3.8, 4) is 11.2 Å². The van der Waals surface area contributed by atoms with E-state index in [9.17, 15) is 4.79 Å². The first-order chi connectivity index (χ1) is 9.22. The van der Waals surface area contributed by atoms with Crippen molar-refractivity contribution >= 4 is 22.6 Å². The van der Waals surface area contributed by atoms with E-state index in [0.29, 0.717) is 11.0 Å². The molecule has 0 saturated carbocycles. The minimum absolute atomic E-state index is 0.0180. The van der Waals surface area contributed by atoms with Gasteiger partial charge >= 0.3 is 5.69 Å². The van der Waals surface area contributed by atoms with Gasteiger partial charge in [0, 0.05) is 11.5 Å². The topological polar surface area (TPSA) is 76.5 Å². The highest BCUT2D eigenvalue weighted by molar-refractivity contribution is 7.08. The van der Waals surface area contributed by atoms with Crippen LogP contribution in [-0.2, 0) is 6.54 Å². The number of benzene rings is 1. The standard InChI is InChI=1S/C12H9N5OS/c1-8-14-11(19-15-8)17-10-5-3-2-4-9(10)16(7-6-13)12(17)18/h2-5H,7H2,1H3. The summed E-state index contributed by atoms with van der Waals surface area (Å²) in [5, 5.41) is 9.37. The zero-order chi connectivity index (χ0) is 13.4. The van der Waals surface area contributed by atoms with Crippen molar-refractivity contribution in [1.82, 2.24) is 18.5 Å². The minimum Gasteiger partial charge on any atom is -0.278 e. The highest BCUT2D eigenvalue weighted by Crippen LogP contribution is 2.18. The molecule has 0 aliphatic carbocycles. The number of aromatic nitrogens is 4. The predicted octanol–water partition coefficient (Wildman–Crippen LogP) is 1.48. The van der Waals surface area contributed by atoms with Gasteiger partial charge in [0.2, 0.25) is 5.13 Å². The number of hydrogen-bond acceptors (Lipinski definition) is 5. The van der Waals surface area contributed by atoms with Gasteiger partial charge in [0.1, 0.15) is 12.4 Å². The summed E-state index contributed by atoms with van der Waals surface area (Å²) in [4.78, 5) is 16.6. The molecule has 6 nitrogen and oxygen atoms in total. The number of rotatable bonds is 2. The Morgan fingerprint density at radius 1 is 1.37 bits per heavy atom. The first-order valence-corrected chi connectivity index (χ1v) is 6.37. The van der Waals surface area contributed by atoms with Gasteiger partial charge in [0.15, 0.2) is 0 Å². The van der Waals surface area contributed by atoms with E-state index >= 15 is 0 Å². The fourth-order valence-corrected chi connectivity index (χ4v) is 2.68. The van der Waals surface area contributed by atoms with Gasteiger partial charge in [-0.15, -0.1) is 0 Å². The van der Waals surface area contributed by atoms with E-state index in [2.05, 4.69) is 9.36 Å². The Labute approximate surface area is 112 Å². The molecular weight excluding hydrogens is 262 g/mol. The van der Waals surface area contributed by atoms with E-state index in [-0.39, 0.29) is 12.2 Å². The van der Waals surface area contributed by atoms with Crippen LogP contribution in [-0.4, -0.2) is 18.5 Å². The van der Waals surface area contributed by atoms with E-state index < -0.39 is 0 Å². The second kappa shape index (κ2) is 4.33. The number of nitrogens with zero attached hydrogens (tertiary/aromatic N) is 5. The molecule has 0 fully saturated rings. The minimum atomic E-state index is -0.265. The van der Waals surface area contributed by atoms with Crippen LogP contribution >= 0.6 is 11.5 Å². The highest BCUT2D eigenvalue weighted by atomic mass is 32.1. The number of nitriles is 1. The first-order valence-electron chi connectivity index (χ1n) is 5.60. The van der Waals surface area contributed by atoms with Crippen molar-refractivity contribution in [3.05, 3.63) is 40.6 Å². The van der Waals surface area contributed by atoms with Crippen LogP contribution in [0.15, 0.2) is 29.1 Å². The van der Waals surface area contributed by atoms with Gasteiger partial charge in [-0.3, -0.25) is 4.57 Å².